The van der Waals surface area contributed by atoms with E-state index in [1.165, 1.54) is 0 Å². The van der Waals surface area contributed by atoms with E-state index in [0.717, 1.165) is 16.1 Å². The first-order chi connectivity index (χ1) is 10.2. The quantitative estimate of drug-likeness (QED) is 0.817. The fourth-order valence-electron chi connectivity index (χ4n) is 2.70. The SMILES string of the molecule is COc1cccc(-c2ccsc2C2CC(=O)CC(=O)C2)n1. The molecule has 0 atom stereocenters. The highest BCUT2D eigenvalue weighted by Crippen LogP contribution is 2.39. The van der Waals surface area contributed by atoms with Crippen LogP contribution in [0, 0.1) is 0 Å². The molecule has 0 aromatic carbocycles. The summed E-state index contributed by atoms with van der Waals surface area (Å²) in [5.74, 6) is 0.616. The molecule has 0 radical (unpaired) electrons. The molecule has 21 heavy (non-hydrogen) atoms. The van der Waals surface area contributed by atoms with Crippen LogP contribution in [-0.2, 0) is 9.59 Å². The Bertz CT molecular complexity index is 676. The van der Waals surface area contributed by atoms with E-state index in [2.05, 4.69) is 4.98 Å². The van der Waals surface area contributed by atoms with Crippen LogP contribution in [-0.4, -0.2) is 23.7 Å². The Kier molecular flexibility index (Phi) is 3.84. The molecule has 0 bridgehead atoms. The molecule has 2 aromatic rings. The lowest BCUT2D eigenvalue weighted by Crippen LogP contribution is -2.21. The van der Waals surface area contributed by atoms with Crippen molar-refractivity contribution in [2.24, 2.45) is 0 Å². The van der Waals surface area contributed by atoms with Gasteiger partial charge < -0.3 is 4.74 Å². The maximum atomic E-state index is 11.7. The molecule has 5 heteroatoms. The molecule has 0 aliphatic heterocycles. The van der Waals surface area contributed by atoms with Crippen molar-refractivity contribution in [3.05, 3.63) is 34.5 Å². The lowest BCUT2D eigenvalue weighted by Gasteiger charge is -2.20. The summed E-state index contributed by atoms with van der Waals surface area (Å²) in [5.41, 5.74) is 1.81. The number of hydrogen-bond acceptors (Lipinski definition) is 5. The second-order valence-electron chi connectivity index (χ2n) is 5.12. The molecule has 1 fully saturated rings. The van der Waals surface area contributed by atoms with Crippen molar-refractivity contribution in [1.82, 2.24) is 4.98 Å². The molecule has 4 nitrogen and oxygen atoms in total. The highest BCUT2D eigenvalue weighted by Gasteiger charge is 2.29. The summed E-state index contributed by atoms with van der Waals surface area (Å²) in [6.45, 7) is 0. The third-order valence-corrected chi connectivity index (χ3v) is 4.70. The number of nitrogens with zero attached hydrogens (tertiary/aromatic N) is 1. The number of aromatic nitrogens is 1. The summed E-state index contributed by atoms with van der Waals surface area (Å²) in [4.78, 5) is 28.9. The zero-order chi connectivity index (χ0) is 14.8. The molecule has 1 aliphatic carbocycles. The first kappa shape index (κ1) is 13.9. The third-order valence-electron chi connectivity index (χ3n) is 3.62. The van der Waals surface area contributed by atoms with Crippen LogP contribution in [0.2, 0.25) is 0 Å². The number of Topliss-reactive ketones (excluding diaryl/α,β-unsaturated/α-hetero) is 2. The Labute approximate surface area is 126 Å². The van der Waals surface area contributed by atoms with E-state index in [0.29, 0.717) is 18.7 Å². The summed E-state index contributed by atoms with van der Waals surface area (Å²) in [6, 6.07) is 7.59. The van der Waals surface area contributed by atoms with Crippen molar-refractivity contribution in [2.45, 2.75) is 25.2 Å². The molecule has 2 aromatic heterocycles. The predicted molar refractivity (Wildman–Crippen MR) is 80.7 cm³/mol. The summed E-state index contributed by atoms with van der Waals surface area (Å²) in [6.07, 6.45) is 0.987. The zero-order valence-corrected chi connectivity index (χ0v) is 12.5. The molecule has 0 saturated heterocycles. The first-order valence-corrected chi connectivity index (χ1v) is 7.67. The topological polar surface area (TPSA) is 56.3 Å². The number of carbonyl (C=O) groups excluding carboxylic acids is 2. The van der Waals surface area contributed by atoms with Gasteiger partial charge in [0.05, 0.1) is 19.2 Å². The first-order valence-electron chi connectivity index (χ1n) is 6.79. The largest absolute Gasteiger partial charge is 0.481 e. The maximum Gasteiger partial charge on any atom is 0.213 e. The Morgan fingerprint density at radius 3 is 2.67 bits per heavy atom. The molecule has 2 heterocycles. The maximum absolute atomic E-state index is 11.7. The van der Waals surface area contributed by atoms with Crippen molar-refractivity contribution < 1.29 is 14.3 Å². The number of rotatable bonds is 3. The van der Waals surface area contributed by atoms with Crippen LogP contribution in [0.3, 0.4) is 0 Å². The molecule has 0 amide bonds. The summed E-state index contributed by atoms with van der Waals surface area (Å²) < 4.78 is 5.16. The van der Waals surface area contributed by atoms with E-state index in [1.54, 1.807) is 24.5 Å². The van der Waals surface area contributed by atoms with Crippen LogP contribution < -0.4 is 4.74 Å². The second-order valence-corrected chi connectivity index (χ2v) is 6.07. The number of thiophene rings is 1. The van der Waals surface area contributed by atoms with Crippen molar-refractivity contribution in [3.63, 3.8) is 0 Å². The minimum atomic E-state index is -0.0123. The van der Waals surface area contributed by atoms with Crippen LogP contribution in [0.4, 0.5) is 0 Å². The Morgan fingerprint density at radius 2 is 1.95 bits per heavy atom. The molecule has 1 aliphatic rings. The fraction of sp³-hybridized carbons (Fsp3) is 0.312. The van der Waals surface area contributed by atoms with Crippen molar-refractivity contribution in [3.8, 4) is 17.1 Å². The molecule has 0 N–H and O–H groups in total. The van der Waals surface area contributed by atoms with Crippen LogP contribution in [0.1, 0.15) is 30.1 Å². The van der Waals surface area contributed by atoms with Gasteiger partial charge in [-0.15, -0.1) is 11.3 Å². The minimum absolute atomic E-state index is 0.0123. The highest BCUT2D eigenvalue weighted by molar-refractivity contribution is 7.10. The molecule has 0 unspecified atom stereocenters. The van der Waals surface area contributed by atoms with Crippen LogP contribution in [0.25, 0.3) is 11.3 Å². The molecular weight excluding hydrogens is 286 g/mol. The standard InChI is InChI=1S/C16H15NO3S/c1-20-15-4-2-3-14(17-15)13-5-6-21-16(13)10-7-11(18)9-12(19)8-10/h2-6,10H,7-9H2,1H3. The van der Waals surface area contributed by atoms with Gasteiger partial charge in [0.2, 0.25) is 5.88 Å². The number of carbonyl (C=O) groups is 2. The number of hydrogen-bond donors (Lipinski definition) is 0. The molecule has 0 spiro atoms. The van der Waals surface area contributed by atoms with Gasteiger partial charge in [0, 0.05) is 35.3 Å². The van der Waals surface area contributed by atoms with Gasteiger partial charge in [-0.2, -0.15) is 0 Å². The smallest absolute Gasteiger partial charge is 0.213 e. The van der Waals surface area contributed by atoms with Gasteiger partial charge in [-0.3, -0.25) is 9.59 Å². The summed E-state index contributed by atoms with van der Waals surface area (Å²) in [7, 11) is 1.58. The highest BCUT2D eigenvalue weighted by atomic mass is 32.1. The Morgan fingerprint density at radius 1 is 1.19 bits per heavy atom. The van der Waals surface area contributed by atoms with Crippen molar-refractivity contribution >= 4 is 22.9 Å². The van der Waals surface area contributed by atoms with Gasteiger partial charge in [-0.25, -0.2) is 4.98 Å². The van der Waals surface area contributed by atoms with E-state index < -0.39 is 0 Å². The van der Waals surface area contributed by atoms with Gasteiger partial charge in [0.15, 0.2) is 0 Å². The number of ketones is 2. The summed E-state index contributed by atoms with van der Waals surface area (Å²) in [5, 5.41) is 1.98. The number of pyridine rings is 1. The third kappa shape index (κ3) is 2.88. The Hall–Kier alpha value is -2.01. The average Bonchev–Trinajstić information content (AvgIpc) is 2.96. The molecular formula is C16H15NO3S. The van der Waals surface area contributed by atoms with Crippen LogP contribution >= 0.6 is 11.3 Å². The summed E-state index contributed by atoms with van der Waals surface area (Å²) >= 11 is 1.58. The molecule has 1 saturated carbocycles. The second kappa shape index (κ2) is 5.77. The van der Waals surface area contributed by atoms with Gasteiger partial charge in [0.1, 0.15) is 11.6 Å². The average molecular weight is 301 g/mol. The van der Waals surface area contributed by atoms with E-state index in [1.807, 2.05) is 23.6 Å². The number of methoxy groups -OCH3 is 1. The zero-order valence-electron chi connectivity index (χ0n) is 11.7. The predicted octanol–water partition coefficient (Wildman–Crippen LogP) is 3.22. The van der Waals surface area contributed by atoms with Gasteiger partial charge in [0.25, 0.3) is 0 Å². The Balaban J connectivity index is 1.96. The van der Waals surface area contributed by atoms with Crippen LogP contribution in [0.5, 0.6) is 5.88 Å². The van der Waals surface area contributed by atoms with Gasteiger partial charge in [-0.1, -0.05) is 6.07 Å². The molecule has 108 valence electrons. The minimum Gasteiger partial charge on any atom is -0.481 e. The van der Waals surface area contributed by atoms with Gasteiger partial charge >= 0.3 is 0 Å². The normalized spacial score (nSPS) is 16.2. The van der Waals surface area contributed by atoms with E-state index in [4.69, 9.17) is 4.74 Å². The lowest BCUT2D eigenvalue weighted by atomic mass is 9.85. The van der Waals surface area contributed by atoms with Gasteiger partial charge in [-0.05, 0) is 17.5 Å². The van der Waals surface area contributed by atoms with E-state index in [9.17, 15) is 9.59 Å². The van der Waals surface area contributed by atoms with E-state index in [-0.39, 0.29) is 23.9 Å². The number of ether oxygens (including phenoxy) is 1. The van der Waals surface area contributed by atoms with Crippen molar-refractivity contribution in [1.29, 1.82) is 0 Å². The van der Waals surface area contributed by atoms with E-state index >= 15 is 0 Å². The monoisotopic (exact) mass is 301 g/mol. The van der Waals surface area contributed by atoms with Crippen molar-refractivity contribution in [2.75, 3.05) is 7.11 Å². The fourth-order valence-corrected chi connectivity index (χ4v) is 3.71. The molecule has 3 rings (SSSR count). The van der Waals surface area contributed by atoms with Crippen LogP contribution in [0.15, 0.2) is 29.6 Å². The lowest BCUT2D eigenvalue weighted by molar-refractivity contribution is -0.130.